The summed E-state index contributed by atoms with van der Waals surface area (Å²) >= 11 is 0. The quantitative estimate of drug-likeness (QED) is 0.530. The van der Waals surface area contributed by atoms with Gasteiger partial charge in [0.15, 0.2) is 11.6 Å². The SMILES string of the molecule is CC1OC(C)(C)OC(C)C1=O. The van der Waals surface area contributed by atoms with E-state index in [2.05, 4.69) is 0 Å². The molecule has 1 fully saturated rings. The standard InChI is InChI=1S/C8H14O3/c1-5-7(9)6(2)11-8(3,4)10-5/h5-6H,1-4H3. The van der Waals surface area contributed by atoms with Crippen molar-refractivity contribution < 1.29 is 14.3 Å². The molecule has 0 bridgehead atoms. The van der Waals surface area contributed by atoms with Crippen LogP contribution in [0, 0.1) is 0 Å². The molecule has 0 aromatic rings. The summed E-state index contributed by atoms with van der Waals surface area (Å²) in [5.74, 6) is -0.600. The molecule has 2 unspecified atom stereocenters. The maximum absolute atomic E-state index is 11.2. The summed E-state index contributed by atoms with van der Waals surface area (Å²) in [5, 5.41) is 0. The van der Waals surface area contributed by atoms with Crippen LogP contribution in [0.15, 0.2) is 0 Å². The lowest BCUT2D eigenvalue weighted by Crippen LogP contribution is -2.49. The third-order valence-corrected chi connectivity index (χ3v) is 1.72. The minimum absolute atomic E-state index is 0.0179. The van der Waals surface area contributed by atoms with Gasteiger partial charge in [-0.2, -0.15) is 0 Å². The van der Waals surface area contributed by atoms with E-state index in [9.17, 15) is 4.79 Å². The van der Waals surface area contributed by atoms with Crippen molar-refractivity contribution in [1.82, 2.24) is 0 Å². The lowest BCUT2D eigenvalue weighted by molar-refractivity contribution is -0.273. The van der Waals surface area contributed by atoms with Gasteiger partial charge in [0, 0.05) is 0 Å². The van der Waals surface area contributed by atoms with Crippen molar-refractivity contribution >= 4 is 5.78 Å². The highest BCUT2D eigenvalue weighted by Gasteiger charge is 2.37. The van der Waals surface area contributed by atoms with Crippen LogP contribution in [0.1, 0.15) is 27.7 Å². The van der Waals surface area contributed by atoms with Crippen LogP contribution in [-0.4, -0.2) is 23.8 Å². The zero-order valence-corrected chi connectivity index (χ0v) is 7.38. The Morgan fingerprint density at radius 1 is 1.18 bits per heavy atom. The second-order valence-electron chi connectivity index (χ2n) is 3.32. The molecule has 1 rings (SSSR count). The molecule has 11 heavy (non-hydrogen) atoms. The Bertz CT molecular complexity index is 158. The highest BCUT2D eigenvalue weighted by Crippen LogP contribution is 2.23. The second-order valence-corrected chi connectivity index (χ2v) is 3.32. The monoisotopic (exact) mass is 158 g/mol. The maximum Gasteiger partial charge on any atom is 0.189 e. The van der Waals surface area contributed by atoms with Crippen LogP contribution in [0.3, 0.4) is 0 Å². The summed E-state index contributed by atoms with van der Waals surface area (Å²) in [6.07, 6.45) is -0.678. The molecule has 3 nitrogen and oxygen atoms in total. The first-order valence-corrected chi connectivity index (χ1v) is 3.82. The van der Waals surface area contributed by atoms with Crippen molar-refractivity contribution in [1.29, 1.82) is 0 Å². The Hall–Kier alpha value is -0.410. The molecule has 1 aliphatic rings. The number of rotatable bonds is 0. The van der Waals surface area contributed by atoms with Gasteiger partial charge in [0.05, 0.1) is 0 Å². The lowest BCUT2D eigenvalue weighted by Gasteiger charge is -2.37. The topological polar surface area (TPSA) is 35.5 Å². The first kappa shape index (κ1) is 8.68. The Labute approximate surface area is 66.7 Å². The van der Waals surface area contributed by atoms with E-state index in [4.69, 9.17) is 9.47 Å². The van der Waals surface area contributed by atoms with Gasteiger partial charge in [-0.15, -0.1) is 0 Å². The average molecular weight is 158 g/mol. The summed E-state index contributed by atoms with van der Waals surface area (Å²) in [6, 6.07) is 0. The largest absolute Gasteiger partial charge is 0.340 e. The number of carbonyl (C=O) groups excluding carboxylic acids is 1. The number of hydrogen-bond acceptors (Lipinski definition) is 3. The highest BCUT2D eigenvalue weighted by molar-refractivity contribution is 5.87. The van der Waals surface area contributed by atoms with Gasteiger partial charge in [0.1, 0.15) is 12.2 Å². The smallest absolute Gasteiger partial charge is 0.189 e. The summed E-state index contributed by atoms with van der Waals surface area (Å²) < 4.78 is 10.6. The molecule has 0 spiro atoms. The van der Waals surface area contributed by atoms with Gasteiger partial charge in [-0.1, -0.05) is 0 Å². The summed E-state index contributed by atoms with van der Waals surface area (Å²) in [6.45, 7) is 7.13. The fourth-order valence-corrected chi connectivity index (χ4v) is 1.33. The van der Waals surface area contributed by atoms with Crippen molar-refractivity contribution in [3.63, 3.8) is 0 Å². The van der Waals surface area contributed by atoms with Crippen LogP contribution in [-0.2, 0) is 14.3 Å². The molecule has 64 valence electrons. The van der Waals surface area contributed by atoms with E-state index < -0.39 is 5.79 Å². The van der Waals surface area contributed by atoms with Gasteiger partial charge in [-0.05, 0) is 27.7 Å². The molecule has 0 aromatic carbocycles. The average Bonchev–Trinajstić information content (AvgIpc) is 1.81. The van der Waals surface area contributed by atoms with E-state index in [1.54, 1.807) is 13.8 Å². The molecule has 0 saturated carbocycles. The van der Waals surface area contributed by atoms with Crippen LogP contribution in [0.25, 0.3) is 0 Å². The number of ether oxygens (including phenoxy) is 2. The molecular formula is C8H14O3. The molecule has 0 amide bonds. The van der Waals surface area contributed by atoms with Crippen LogP contribution in [0.2, 0.25) is 0 Å². The molecule has 0 radical (unpaired) electrons. The number of Topliss-reactive ketones (excluding diaryl/α,β-unsaturated/α-hetero) is 1. The van der Waals surface area contributed by atoms with E-state index >= 15 is 0 Å². The number of ketones is 1. The van der Waals surface area contributed by atoms with Gasteiger partial charge in [0.25, 0.3) is 0 Å². The van der Waals surface area contributed by atoms with E-state index in [-0.39, 0.29) is 18.0 Å². The van der Waals surface area contributed by atoms with Crippen molar-refractivity contribution in [2.45, 2.75) is 45.7 Å². The van der Waals surface area contributed by atoms with Gasteiger partial charge in [0.2, 0.25) is 0 Å². The Morgan fingerprint density at radius 3 is 1.91 bits per heavy atom. The summed E-state index contributed by atoms with van der Waals surface area (Å²) in [4.78, 5) is 11.2. The fourth-order valence-electron chi connectivity index (χ4n) is 1.33. The Balaban J connectivity index is 2.70. The van der Waals surface area contributed by atoms with E-state index in [1.165, 1.54) is 0 Å². The predicted octanol–water partition coefficient (Wildman–Crippen LogP) is 1.12. The Morgan fingerprint density at radius 2 is 1.55 bits per heavy atom. The molecule has 0 aromatic heterocycles. The Kier molecular flexibility index (Phi) is 2.03. The van der Waals surface area contributed by atoms with Gasteiger partial charge in [-0.25, -0.2) is 0 Å². The first-order valence-electron chi connectivity index (χ1n) is 3.82. The van der Waals surface area contributed by atoms with Crippen molar-refractivity contribution in [2.24, 2.45) is 0 Å². The third kappa shape index (κ3) is 1.79. The first-order chi connectivity index (χ1) is 4.92. The molecular weight excluding hydrogens is 144 g/mol. The second kappa shape index (κ2) is 2.57. The van der Waals surface area contributed by atoms with E-state index in [1.807, 2.05) is 13.8 Å². The number of hydrogen-bond donors (Lipinski definition) is 0. The van der Waals surface area contributed by atoms with Crippen LogP contribution >= 0.6 is 0 Å². The molecule has 0 aliphatic carbocycles. The lowest BCUT2D eigenvalue weighted by atomic mass is 10.1. The molecule has 0 N–H and O–H groups in total. The molecule has 1 aliphatic heterocycles. The van der Waals surface area contributed by atoms with E-state index in [0.29, 0.717) is 0 Å². The molecule has 3 heteroatoms. The van der Waals surface area contributed by atoms with Crippen molar-refractivity contribution in [3.05, 3.63) is 0 Å². The summed E-state index contributed by atoms with van der Waals surface area (Å²) in [7, 11) is 0. The minimum Gasteiger partial charge on any atom is -0.340 e. The maximum atomic E-state index is 11.2. The summed E-state index contributed by atoms with van der Waals surface area (Å²) in [5.41, 5.74) is 0. The number of carbonyl (C=O) groups is 1. The predicted molar refractivity (Wildman–Crippen MR) is 40.2 cm³/mol. The van der Waals surface area contributed by atoms with Crippen molar-refractivity contribution in [2.75, 3.05) is 0 Å². The zero-order valence-electron chi connectivity index (χ0n) is 7.38. The van der Waals surface area contributed by atoms with Gasteiger partial charge in [-0.3, -0.25) is 4.79 Å². The molecule has 2 atom stereocenters. The fraction of sp³-hybridized carbons (Fsp3) is 0.875. The third-order valence-electron chi connectivity index (χ3n) is 1.72. The van der Waals surface area contributed by atoms with Crippen LogP contribution in [0.4, 0.5) is 0 Å². The van der Waals surface area contributed by atoms with Crippen LogP contribution in [0.5, 0.6) is 0 Å². The van der Waals surface area contributed by atoms with Gasteiger partial charge < -0.3 is 9.47 Å². The minimum atomic E-state index is -0.618. The molecule has 1 saturated heterocycles. The van der Waals surface area contributed by atoms with Gasteiger partial charge >= 0.3 is 0 Å². The van der Waals surface area contributed by atoms with Crippen LogP contribution < -0.4 is 0 Å². The molecule has 1 heterocycles. The normalized spacial score (nSPS) is 37.3. The van der Waals surface area contributed by atoms with Crippen molar-refractivity contribution in [3.8, 4) is 0 Å². The zero-order chi connectivity index (χ0) is 8.65. The van der Waals surface area contributed by atoms with E-state index in [0.717, 1.165) is 0 Å². The highest BCUT2D eigenvalue weighted by atomic mass is 16.7.